The molecule has 0 aliphatic carbocycles. The number of amides is 1. The summed E-state index contributed by atoms with van der Waals surface area (Å²) in [7, 11) is 0. The first-order valence-electron chi connectivity index (χ1n) is 7.87. The van der Waals surface area contributed by atoms with Crippen LogP contribution in [0.15, 0.2) is 30.5 Å². The number of benzene rings is 1. The molecule has 1 aliphatic rings. The van der Waals surface area contributed by atoms with Gasteiger partial charge in [0.15, 0.2) is 0 Å². The maximum Gasteiger partial charge on any atom is 0.254 e. The largest absolute Gasteiger partial charge is 0.351 e. The zero-order valence-electron chi connectivity index (χ0n) is 12.9. The molecule has 0 spiro atoms. The number of aromatic nitrogens is 2. The molecule has 0 saturated heterocycles. The summed E-state index contributed by atoms with van der Waals surface area (Å²) in [6, 6.07) is 8.60. The van der Waals surface area contributed by atoms with Crippen molar-refractivity contribution in [1.29, 1.82) is 0 Å². The fourth-order valence-electron chi connectivity index (χ4n) is 2.95. The van der Waals surface area contributed by atoms with Crippen molar-refractivity contribution in [1.82, 2.24) is 20.4 Å². The van der Waals surface area contributed by atoms with Crippen molar-refractivity contribution in [2.75, 3.05) is 19.6 Å². The van der Waals surface area contributed by atoms with E-state index in [2.05, 4.69) is 44.7 Å². The highest BCUT2D eigenvalue weighted by Gasteiger charge is 2.16. The van der Waals surface area contributed by atoms with E-state index in [1.807, 2.05) is 6.92 Å². The van der Waals surface area contributed by atoms with Gasteiger partial charge in [-0.25, -0.2) is 0 Å². The Balaban J connectivity index is 1.49. The van der Waals surface area contributed by atoms with Crippen LogP contribution < -0.4 is 5.32 Å². The highest BCUT2D eigenvalue weighted by atomic mass is 16.1. The van der Waals surface area contributed by atoms with Crippen LogP contribution in [0.25, 0.3) is 0 Å². The van der Waals surface area contributed by atoms with Crippen LogP contribution in [0.5, 0.6) is 0 Å². The molecule has 0 bridgehead atoms. The van der Waals surface area contributed by atoms with Crippen LogP contribution in [0.2, 0.25) is 0 Å². The normalized spacial score (nSPS) is 14.6. The highest BCUT2D eigenvalue weighted by molar-refractivity contribution is 5.95. The first-order chi connectivity index (χ1) is 10.8. The lowest BCUT2D eigenvalue weighted by Crippen LogP contribution is -2.37. The van der Waals surface area contributed by atoms with E-state index < -0.39 is 0 Å². The molecule has 0 fully saturated rings. The van der Waals surface area contributed by atoms with Crippen molar-refractivity contribution in [3.8, 4) is 0 Å². The topological polar surface area (TPSA) is 61.0 Å². The summed E-state index contributed by atoms with van der Waals surface area (Å²) in [6.07, 6.45) is 3.48. The first-order valence-corrected chi connectivity index (χ1v) is 7.87. The number of carbonyl (C=O) groups excluding carboxylic acids is 1. The van der Waals surface area contributed by atoms with E-state index in [0.717, 1.165) is 38.2 Å². The van der Waals surface area contributed by atoms with E-state index >= 15 is 0 Å². The van der Waals surface area contributed by atoms with Crippen LogP contribution in [0.3, 0.4) is 0 Å². The van der Waals surface area contributed by atoms with Crippen LogP contribution >= 0.6 is 0 Å². The fourth-order valence-corrected chi connectivity index (χ4v) is 2.95. The Morgan fingerprint density at radius 2 is 2.18 bits per heavy atom. The third kappa shape index (κ3) is 3.20. The van der Waals surface area contributed by atoms with Crippen molar-refractivity contribution in [3.05, 3.63) is 52.8 Å². The van der Waals surface area contributed by atoms with E-state index in [4.69, 9.17) is 0 Å². The van der Waals surface area contributed by atoms with E-state index in [1.54, 1.807) is 6.20 Å². The SMILES string of the molecule is CCc1[nH]ncc1C(=O)NCCN1CCc2ccccc2C1. The summed E-state index contributed by atoms with van der Waals surface area (Å²) in [4.78, 5) is 14.5. The maximum absolute atomic E-state index is 12.1. The fraction of sp³-hybridized carbons (Fsp3) is 0.412. The molecule has 2 N–H and O–H groups in total. The quantitative estimate of drug-likeness (QED) is 0.884. The number of carbonyl (C=O) groups is 1. The van der Waals surface area contributed by atoms with Crippen molar-refractivity contribution in [2.45, 2.75) is 26.3 Å². The van der Waals surface area contributed by atoms with Gasteiger partial charge in [-0.15, -0.1) is 0 Å². The molecule has 1 amide bonds. The van der Waals surface area contributed by atoms with Crippen molar-refractivity contribution < 1.29 is 4.79 Å². The number of aryl methyl sites for hydroxylation is 1. The van der Waals surface area contributed by atoms with Gasteiger partial charge in [-0.05, 0) is 24.0 Å². The molecule has 1 aromatic carbocycles. The third-order valence-electron chi connectivity index (χ3n) is 4.24. The Kier molecular flexibility index (Phi) is 4.53. The molecular formula is C17H22N4O. The van der Waals surface area contributed by atoms with E-state index in [1.165, 1.54) is 11.1 Å². The van der Waals surface area contributed by atoms with E-state index in [9.17, 15) is 4.79 Å². The van der Waals surface area contributed by atoms with Crippen molar-refractivity contribution in [3.63, 3.8) is 0 Å². The minimum Gasteiger partial charge on any atom is -0.351 e. The Labute approximate surface area is 130 Å². The summed E-state index contributed by atoms with van der Waals surface area (Å²) >= 11 is 0. The minimum absolute atomic E-state index is 0.0389. The molecule has 2 heterocycles. The molecule has 116 valence electrons. The molecule has 2 aromatic rings. The summed E-state index contributed by atoms with van der Waals surface area (Å²) in [5, 5.41) is 9.80. The Morgan fingerprint density at radius 1 is 1.36 bits per heavy atom. The van der Waals surface area contributed by atoms with Gasteiger partial charge in [0.2, 0.25) is 0 Å². The van der Waals surface area contributed by atoms with Crippen molar-refractivity contribution in [2.24, 2.45) is 0 Å². The van der Waals surface area contributed by atoms with Gasteiger partial charge in [0.05, 0.1) is 11.8 Å². The van der Waals surface area contributed by atoms with Crippen LogP contribution in [0.1, 0.15) is 34.1 Å². The Hall–Kier alpha value is -2.14. The van der Waals surface area contributed by atoms with Gasteiger partial charge in [-0.1, -0.05) is 31.2 Å². The molecule has 0 atom stereocenters. The number of rotatable bonds is 5. The number of H-pyrrole nitrogens is 1. The van der Waals surface area contributed by atoms with Gasteiger partial charge in [0.1, 0.15) is 0 Å². The molecule has 0 radical (unpaired) electrons. The van der Waals surface area contributed by atoms with Crippen LogP contribution in [0, 0.1) is 0 Å². The second-order valence-electron chi connectivity index (χ2n) is 5.67. The molecular weight excluding hydrogens is 276 g/mol. The van der Waals surface area contributed by atoms with Gasteiger partial charge in [-0.2, -0.15) is 5.10 Å². The number of nitrogens with one attached hydrogen (secondary N) is 2. The zero-order valence-corrected chi connectivity index (χ0v) is 12.9. The number of hydrogen-bond donors (Lipinski definition) is 2. The molecule has 1 aliphatic heterocycles. The molecule has 5 heteroatoms. The second-order valence-corrected chi connectivity index (χ2v) is 5.67. The molecule has 5 nitrogen and oxygen atoms in total. The predicted octanol–water partition coefficient (Wildman–Crippen LogP) is 1.76. The number of fused-ring (bicyclic) bond motifs is 1. The van der Waals surface area contributed by atoms with Crippen LogP contribution in [0.4, 0.5) is 0 Å². The highest BCUT2D eigenvalue weighted by Crippen LogP contribution is 2.17. The summed E-state index contributed by atoms with van der Waals surface area (Å²) < 4.78 is 0. The van der Waals surface area contributed by atoms with Gasteiger partial charge < -0.3 is 5.32 Å². The Bertz CT molecular complexity index is 650. The summed E-state index contributed by atoms with van der Waals surface area (Å²) in [6.45, 7) is 5.57. The number of nitrogens with zero attached hydrogens (tertiary/aromatic N) is 2. The van der Waals surface area contributed by atoms with Crippen LogP contribution in [-0.4, -0.2) is 40.6 Å². The van der Waals surface area contributed by atoms with Gasteiger partial charge in [0.25, 0.3) is 5.91 Å². The monoisotopic (exact) mass is 298 g/mol. The van der Waals surface area contributed by atoms with Gasteiger partial charge in [0, 0.05) is 31.9 Å². The predicted molar refractivity (Wildman–Crippen MR) is 85.7 cm³/mol. The molecule has 3 rings (SSSR count). The zero-order chi connectivity index (χ0) is 15.4. The van der Waals surface area contributed by atoms with Gasteiger partial charge in [-0.3, -0.25) is 14.8 Å². The smallest absolute Gasteiger partial charge is 0.254 e. The summed E-state index contributed by atoms with van der Waals surface area (Å²) in [5.74, 6) is -0.0389. The first kappa shape index (κ1) is 14.8. The minimum atomic E-state index is -0.0389. The van der Waals surface area contributed by atoms with E-state index in [0.29, 0.717) is 12.1 Å². The summed E-state index contributed by atoms with van der Waals surface area (Å²) in [5.41, 5.74) is 4.41. The molecule has 0 unspecified atom stereocenters. The Morgan fingerprint density at radius 3 is 3.00 bits per heavy atom. The second kappa shape index (κ2) is 6.75. The standard InChI is InChI=1S/C17H22N4O/c1-2-16-15(11-19-20-16)17(22)18-8-10-21-9-7-13-5-3-4-6-14(13)12-21/h3-6,11H,2,7-10,12H2,1H3,(H,18,22)(H,19,20). The third-order valence-corrected chi connectivity index (χ3v) is 4.24. The van der Waals surface area contributed by atoms with Gasteiger partial charge >= 0.3 is 0 Å². The maximum atomic E-state index is 12.1. The lowest BCUT2D eigenvalue weighted by molar-refractivity contribution is 0.0946. The lowest BCUT2D eigenvalue weighted by Gasteiger charge is -2.28. The number of hydrogen-bond acceptors (Lipinski definition) is 3. The van der Waals surface area contributed by atoms with Crippen LogP contribution in [-0.2, 0) is 19.4 Å². The molecule has 0 saturated carbocycles. The van der Waals surface area contributed by atoms with E-state index in [-0.39, 0.29) is 5.91 Å². The van der Waals surface area contributed by atoms with Crippen molar-refractivity contribution >= 4 is 5.91 Å². The lowest BCUT2D eigenvalue weighted by atomic mass is 10.00. The molecule has 22 heavy (non-hydrogen) atoms. The molecule has 1 aromatic heterocycles. The average molecular weight is 298 g/mol. The number of aromatic amines is 1. The average Bonchev–Trinajstić information content (AvgIpc) is 3.03.